The molecule has 1 saturated heterocycles. The van der Waals surface area contributed by atoms with Crippen molar-refractivity contribution in [3.05, 3.63) is 29.8 Å². The molecular weight excluding hydrogens is 318 g/mol. The highest BCUT2D eigenvalue weighted by molar-refractivity contribution is 5.94. The predicted molar refractivity (Wildman–Crippen MR) is 97.9 cm³/mol. The van der Waals surface area contributed by atoms with Gasteiger partial charge < -0.3 is 20.3 Å². The molecule has 1 aliphatic heterocycles. The first-order chi connectivity index (χ1) is 11.8. The van der Waals surface area contributed by atoms with Crippen LogP contribution in [-0.2, 0) is 0 Å². The average Bonchev–Trinajstić information content (AvgIpc) is 2.59. The summed E-state index contributed by atoms with van der Waals surface area (Å²) in [5, 5.41) is 5.90. The number of carbonyl (C=O) groups excluding carboxylic acids is 2. The zero-order chi connectivity index (χ0) is 18.4. The Morgan fingerprint density at radius 2 is 1.92 bits per heavy atom. The minimum absolute atomic E-state index is 0.00883. The van der Waals surface area contributed by atoms with Gasteiger partial charge in [0.1, 0.15) is 5.75 Å². The summed E-state index contributed by atoms with van der Waals surface area (Å²) in [6.07, 6.45) is 1.53. The van der Waals surface area contributed by atoms with Crippen LogP contribution in [0.25, 0.3) is 0 Å². The van der Waals surface area contributed by atoms with Gasteiger partial charge in [0, 0.05) is 31.2 Å². The lowest BCUT2D eigenvalue weighted by Gasteiger charge is -2.32. The molecule has 6 nitrogen and oxygen atoms in total. The van der Waals surface area contributed by atoms with Gasteiger partial charge in [-0.05, 0) is 36.5 Å². The molecule has 0 atom stereocenters. The molecule has 3 amide bonds. The average molecular weight is 347 g/mol. The molecule has 0 unspecified atom stereocenters. The van der Waals surface area contributed by atoms with Gasteiger partial charge in [0.2, 0.25) is 0 Å². The molecule has 25 heavy (non-hydrogen) atoms. The number of hydrogen-bond donors (Lipinski definition) is 2. The summed E-state index contributed by atoms with van der Waals surface area (Å²) in [7, 11) is 1.59. The first-order valence-electron chi connectivity index (χ1n) is 8.76. The topological polar surface area (TPSA) is 70.7 Å². The Labute approximate surface area is 149 Å². The van der Waals surface area contributed by atoms with Crippen LogP contribution in [0.3, 0.4) is 0 Å². The second-order valence-electron chi connectivity index (χ2n) is 7.69. The molecule has 2 N–H and O–H groups in total. The van der Waals surface area contributed by atoms with E-state index in [2.05, 4.69) is 31.4 Å². The molecule has 6 heteroatoms. The van der Waals surface area contributed by atoms with E-state index in [0.717, 1.165) is 12.8 Å². The van der Waals surface area contributed by atoms with Gasteiger partial charge in [-0.15, -0.1) is 0 Å². The van der Waals surface area contributed by atoms with Crippen LogP contribution in [0.2, 0.25) is 0 Å². The van der Waals surface area contributed by atoms with E-state index in [1.54, 1.807) is 19.2 Å². The molecule has 0 radical (unpaired) electrons. The third kappa shape index (κ3) is 5.96. The third-order valence-corrected chi connectivity index (χ3v) is 4.21. The van der Waals surface area contributed by atoms with Crippen LogP contribution in [0.5, 0.6) is 5.75 Å². The van der Waals surface area contributed by atoms with Gasteiger partial charge in [0.15, 0.2) is 0 Å². The number of piperidine rings is 1. The Bertz CT molecular complexity index is 602. The smallest absolute Gasteiger partial charge is 0.315 e. The normalized spacial score (nSPS) is 15.6. The molecule has 1 aromatic carbocycles. The van der Waals surface area contributed by atoms with E-state index < -0.39 is 0 Å². The summed E-state index contributed by atoms with van der Waals surface area (Å²) in [5.74, 6) is 0.687. The molecule has 1 fully saturated rings. The van der Waals surface area contributed by atoms with Gasteiger partial charge >= 0.3 is 6.03 Å². The van der Waals surface area contributed by atoms with E-state index in [1.165, 1.54) is 0 Å². The first kappa shape index (κ1) is 19.1. The number of methoxy groups -OCH3 is 1. The number of urea groups is 1. The minimum atomic E-state index is -0.132. The maximum absolute atomic E-state index is 12.6. The number of carbonyl (C=O) groups is 2. The molecular formula is C19H29N3O3. The van der Waals surface area contributed by atoms with E-state index in [0.29, 0.717) is 30.9 Å². The Balaban J connectivity index is 1.81. The summed E-state index contributed by atoms with van der Waals surface area (Å²) in [6.45, 7) is 8.15. The van der Waals surface area contributed by atoms with Crippen molar-refractivity contribution in [1.29, 1.82) is 0 Å². The number of likely N-dealkylation sites (tertiary alicyclic amines) is 1. The second kappa shape index (κ2) is 8.23. The van der Waals surface area contributed by atoms with Crippen molar-refractivity contribution in [1.82, 2.24) is 15.5 Å². The molecule has 0 bridgehead atoms. The lowest BCUT2D eigenvalue weighted by atomic mass is 9.97. The Morgan fingerprint density at radius 3 is 2.52 bits per heavy atom. The fraction of sp³-hybridized carbons (Fsp3) is 0.579. The van der Waals surface area contributed by atoms with Crippen LogP contribution >= 0.6 is 0 Å². The van der Waals surface area contributed by atoms with Crippen molar-refractivity contribution < 1.29 is 14.3 Å². The Morgan fingerprint density at radius 1 is 1.24 bits per heavy atom. The largest absolute Gasteiger partial charge is 0.497 e. The molecule has 0 saturated carbocycles. The number of benzene rings is 1. The summed E-state index contributed by atoms with van der Waals surface area (Å²) in [6, 6.07) is 7.17. The molecule has 2 rings (SSSR count). The van der Waals surface area contributed by atoms with Crippen molar-refractivity contribution in [2.24, 2.45) is 5.41 Å². The van der Waals surface area contributed by atoms with Crippen molar-refractivity contribution >= 4 is 11.9 Å². The van der Waals surface area contributed by atoms with Crippen LogP contribution in [0.1, 0.15) is 44.0 Å². The summed E-state index contributed by atoms with van der Waals surface area (Å²) < 4.78 is 5.17. The highest BCUT2D eigenvalue weighted by Crippen LogP contribution is 2.18. The molecule has 0 aliphatic carbocycles. The lowest BCUT2D eigenvalue weighted by Crippen LogP contribution is -2.50. The number of hydrogen-bond acceptors (Lipinski definition) is 3. The minimum Gasteiger partial charge on any atom is -0.497 e. The maximum atomic E-state index is 12.6. The zero-order valence-electron chi connectivity index (χ0n) is 15.6. The predicted octanol–water partition coefficient (Wildman–Crippen LogP) is 2.65. The van der Waals surface area contributed by atoms with Gasteiger partial charge in [-0.1, -0.05) is 26.8 Å². The van der Waals surface area contributed by atoms with E-state index in [1.807, 2.05) is 17.0 Å². The molecule has 1 aliphatic rings. The molecule has 138 valence electrons. The number of amides is 3. The maximum Gasteiger partial charge on any atom is 0.315 e. The van der Waals surface area contributed by atoms with E-state index in [9.17, 15) is 9.59 Å². The van der Waals surface area contributed by atoms with Crippen molar-refractivity contribution in [2.75, 3.05) is 26.7 Å². The molecule has 1 heterocycles. The Hall–Kier alpha value is -2.24. The van der Waals surface area contributed by atoms with Crippen LogP contribution in [0.4, 0.5) is 4.79 Å². The molecule has 1 aromatic rings. The molecule has 0 spiro atoms. The quantitative estimate of drug-likeness (QED) is 0.880. The zero-order valence-corrected chi connectivity index (χ0v) is 15.6. The summed E-state index contributed by atoms with van der Waals surface area (Å²) in [4.78, 5) is 26.4. The van der Waals surface area contributed by atoms with Gasteiger partial charge in [0.05, 0.1) is 7.11 Å². The lowest BCUT2D eigenvalue weighted by molar-refractivity contribution is 0.0708. The van der Waals surface area contributed by atoms with Gasteiger partial charge in [0.25, 0.3) is 5.91 Å². The van der Waals surface area contributed by atoms with E-state index in [-0.39, 0.29) is 23.4 Å². The monoisotopic (exact) mass is 347 g/mol. The van der Waals surface area contributed by atoms with Gasteiger partial charge in [-0.3, -0.25) is 4.79 Å². The van der Waals surface area contributed by atoms with Crippen LogP contribution in [0.15, 0.2) is 24.3 Å². The number of nitrogens with zero attached hydrogens (tertiary/aromatic N) is 1. The first-order valence-corrected chi connectivity index (χ1v) is 8.76. The van der Waals surface area contributed by atoms with E-state index >= 15 is 0 Å². The van der Waals surface area contributed by atoms with Crippen LogP contribution in [-0.4, -0.2) is 49.6 Å². The van der Waals surface area contributed by atoms with Crippen molar-refractivity contribution in [2.45, 2.75) is 39.7 Å². The number of nitrogens with one attached hydrogen (secondary N) is 2. The summed E-state index contributed by atoms with van der Waals surface area (Å²) >= 11 is 0. The number of ether oxygens (including phenoxy) is 1. The Kier molecular flexibility index (Phi) is 6.28. The van der Waals surface area contributed by atoms with Crippen LogP contribution in [0, 0.1) is 5.41 Å². The van der Waals surface area contributed by atoms with Gasteiger partial charge in [-0.2, -0.15) is 0 Å². The second-order valence-corrected chi connectivity index (χ2v) is 7.69. The standard InChI is InChI=1S/C19H29N3O3/c1-19(2,3)13-20-18(24)21-15-8-10-22(11-9-15)17(23)14-6-5-7-16(12-14)25-4/h5-7,12,15H,8-11,13H2,1-4H3,(H2,20,21,24). The highest BCUT2D eigenvalue weighted by atomic mass is 16.5. The molecule has 0 aromatic heterocycles. The van der Waals surface area contributed by atoms with Crippen molar-refractivity contribution in [3.63, 3.8) is 0 Å². The highest BCUT2D eigenvalue weighted by Gasteiger charge is 2.25. The van der Waals surface area contributed by atoms with E-state index in [4.69, 9.17) is 4.74 Å². The van der Waals surface area contributed by atoms with Crippen molar-refractivity contribution in [3.8, 4) is 5.75 Å². The SMILES string of the molecule is COc1cccc(C(=O)N2CCC(NC(=O)NCC(C)(C)C)CC2)c1. The third-order valence-electron chi connectivity index (χ3n) is 4.21. The fourth-order valence-electron chi connectivity index (χ4n) is 2.75. The van der Waals surface area contributed by atoms with Crippen LogP contribution < -0.4 is 15.4 Å². The fourth-order valence-corrected chi connectivity index (χ4v) is 2.75. The van der Waals surface area contributed by atoms with Gasteiger partial charge in [-0.25, -0.2) is 4.79 Å². The number of rotatable bonds is 4. The summed E-state index contributed by atoms with van der Waals surface area (Å²) in [5.41, 5.74) is 0.692.